The Kier molecular flexibility index (Phi) is 10.6. The average Bonchev–Trinajstić information content (AvgIpc) is 3.96. The summed E-state index contributed by atoms with van der Waals surface area (Å²) in [6.07, 6.45) is 3.47. The summed E-state index contributed by atoms with van der Waals surface area (Å²) in [5.41, 5.74) is 3.48. The molecule has 7 rings (SSSR count). The Morgan fingerprint density at radius 2 is 1.77 bits per heavy atom. The highest BCUT2D eigenvalue weighted by molar-refractivity contribution is 6.34. The van der Waals surface area contributed by atoms with Crippen LogP contribution in [0.25, 0.3) is 5.65 Å². The number of ether oxygens (including phenoxy) is 5. The fourth-order valence-electron chi connectivity index (χ4n) is 6.30. The third kappa shape index (κ3) is 7.85. The zero-order valence-corrected chi connectivity index (χ0v) is 30.3. The van der Waals surface area contributed by atoms with Crippen LogP contribution in [0.1, 0.15) is 35.2 Å². The lowest BCUT2D eigenvalue weighted by molar-refractivity contribution is -0.0276. The smallest absolute Gasteiger partial charge is 0.247 e. The van der Waals surface area contributed by atoms with E-state index in [9.17, 15) is 10.5 Å². The average molecular weight is 736 g/mol. The Morgan fingerprint density at radius 1 is 0.981 bits per heavy atom. The first-order valence-electron chi connectivity index (χ1n) is 17.1. The van der Waals surface area contributed by atoms with E-state index >= 15 is 0 Å². The fraction of sp³-hybridized carbons (Fsp3) is 0.342. The van der Waals surface area contributed by atoms with Gasteiger partial charge in [-0.2, -0.15) is 20.0 Å². The summed E-state index contributed by atoms with van der Waals surface area (Å²) in [6.45, 7) is 3.16. The Labute approximate surface area is 312 Å². The molecule has 0 amide bonds. The number of hydrogen-bond donors (Lipinski definition) is 1. The van der Waals surface area contributed by atoms with Gasteiger partial charge in [-0.3, -0.25) is 4.90 Å². The molecule has 1 saturated carbocycles. The van der Waals surface area contributed by atoms with Crippen molar-refractivity contribution in [2.45, 2.75) is 38.0 Å². The maximum Gasteiger partial charge on any atom is 0.247 e. The molecular formula is C38H38ClN9O5. The van der Waals surface area contributed by atoms with Crippen molar-refractivity contribution in [2.75, 3.05) is 57.9 Å². The Bertz CT molecular complexity index is 2180. The molecule has 53 heavy (non-hydrogen) atoms. The van der Waals surface area contributed by atoms with Gasteiger partial charge in [-0.25, -0.2) is 4.98 Å². The van der Waals surface area contributed by atoms with Gasteiger partial charge >= 0.3 is 0 Å². The summed E-state index contributed by atoms with van der Waals surface area (Å²) in [5, 5.41) is 27.9. The van der Waals surface area contributed by atoms with Gasteiger partial charge in [-0.15, -0.1) is 5.10 Å². The molecule has 1 N–H and O–H groups in total. The number of nitriles is 2. The highest BCUT2D eigenvalue weighted by Gasteiger charge is 2.33. The topological polar surface area (TPSA) is 155 Å². The quantitative estimate of drug-likeness (QED) is 0.148. The van der Waals surface area contributed by atoms with E-state index in [1.165, 1.54) is 10.7 Å². The monoisotopic (exact) mass is 735 g/mol. The van der Waals surface area contributed by atoms with Gasteiger partial charge in [-0.1, -0.05) is 29.8 Å². The van der Waals surface area contributed by atoms with Crippen LogP contribution in [0.5, 0.6) is 23.0 Å². The number of morpholine rings is 1. The van der Waals surface area contributed by atoms with Crippen LogP contribution in [0, 0.1) is 22.7 Å². The van der Waals surface area contributed by atoms with Crippen molar-refractivity contribution in [3.05, 3.63) is 88.2 Å². The van der Waals surface area contributed by atoms with Gasteiger partial charge in [0, 0.05) is 37.3 Å². The van der Waals surface area contributed by atoms with Crippen molar-refractivity contribution in [3.8, 4) is 35.1 Å². The molecule has 2 fully saturated rings. The van der Waals surface area contributed by atoms with Crippen molar-refractivity contribution in [1.82, 2.24) is 24.5 Å². The number of nitrogens with one attached hydrogen (secondary N) is 1. The summed E-state index contributed by atoms with van der Waals surface area (Å²) in [7, 11) is 4.90. The van der Waals surface area contributed by atoms with Crippen LogP contribution in [0.4, 0.5) is 17.5 Å². The van der Waals surface area contributed by atoms with Gasteiger partial charge in [0.1, 0.15) is 40.7 Å². The third-order valence-electron chi connectivity index (χ3n) is 9.29. The second-order valence-corrected chi connectivity index (χ2v) is 13.1. The molecule has 0 bridgehead atoms. The van der Waals surface area contributed by atoms with Crippen LogP contribution in [0.3, 0.4) is 0 Å². The summed E-state index contributed by atoms with van der Waals surface area (Å²) in [5.74, 6) is 3.28. The second kappa shape index (κ2) is 15.8. The maximum absolute atomic E-state index is 9.97. The van der Waals surface area contributed by atoms with Gasteiger partial charge in [0.25, 0.3) is 0 Å². The van der Waals surface area contributed by atoms with Crippen LogP contribution in [0.15, 0.2) is 60.8 Å². The standard InChI is InChI=1S/C38H38ClN9O5/c1-49-30-9-4-24(5-10-30)20-47(27-7-8-27)37-36-42-19-28(18-41)48(36)45-38(44-37)43-32-14-25(17-40)15-34(35(32)39)53-23-29-22-52-13-12-46(29)21-26-6-11-31(50-2)16-33(26)51-3/h4-6,9-11,14-16,19,27,29H,7-8,12-13,20-23H2,1-3H3,(H,43,45). The molecule has 2 aromatic heterocycles. The molecule has 0 radical (unpaired) electrons. The summed E-state index contributed by atoms with van der Waals surface area (Å²) >= 11 is 6.97. The first-order chi connectivity index (χ1) is 25.9. The molecule has 272 valence electrons. The van der Waals surface area contributed by atoms with E-state index in [1.807, 2.05) is 42.5 Å². The number of benzene rings is 3. The number of halogens is 1. The minimum Gasteiger partial charge on any atom is -0.497 e. The minimum atomic E-state index is -0.105. The second-order valence-electron chi connectivity index (χ2n) is 12.7. The van der Waals surface area contributed by atoms with E-state index in [1.54, 1.807) is 33.5 Å². The molecule has 3 aromatic carbocycles. The van der Waals surface area contributed by atoms with Crippen molar-refractivity contribution in [2.24, 2.45) is 0 Å². The number of methoxy groups -OCH3 is 3. The predicted octanol–water partition coefficient (Wildman–Crippen LogP) is 5.74. The number of imidazole rings is 1. The van der Waals surface area contributed by atoms with E-state index in [0.717, 1.165) is 41.2 Å². The Hall–Kier alpha value is -5.80. The molecular weight excluding hydrogens is 698 g/mol. The Morgan fingerprint density at radius 3 is 2.49 bits per heavy atom. The van der Waals surface area contributed by atoms with Gasteiger partial charge in [-0.05, 0) is 48.7 Å². The van der Waals surface area contributed by atoms with Crippen molar-refractivity contribution >= 4 is 34.7 Å². The molecule has 14 nitrogen and oxygen atoms in total. The number of aromatic nitrogens is 4. The van der Waals surface area contributed by atoms with E-state index < -0.39 is 0 Å². The normalized spacial score (nSPS) is 15.7. The SMILES string of the molecule is COc1ccc(CN(c2nc(Nc3cc(C#N)cc(OCC4COCCN4Cc4ccc(OC)cc4OC)c3Cl)nn3c(C#N)cnc23)C2CC2)cc1. The first kappa shape index (κ1) is 35.6. The Balaban J connectivity index is 1.15. The summed E-state index contributed by atoms with van der Waals surface area (Å²) < 4.78 is 30.0. The number of anilines is 3. The zero-order chi connectivity index (χ0) is 36.9. The van der Waals surface area contributed by atoms with Gasteiger partial charge in [0.05, 0.1) is 64.1 Å². The third-order valence-corrected chi connectivity index (χ3v) is 9.68. The highest BCUT2D eigenvalue weighted by atomic mass is 35.5. The molecule has 1 aliphatic carbocycles. The summed E-state index contributed by atoms with van der Waals surface area (Å²) in [6, 6.07) is 21.4. The molecule has 3 heterocycles. The van der Waals surface area contributed by atoms with Crippen LogP contribution in [-0.2, 0) is 17.8 Å². The van der Waals surface area contributed by atoms with E-state index in [4.69, 9.17) is 40.3 Å². The molecule has 2 aliphatic rings. The number of nitrogens with zero attached hydrogens (tertiary/aromatic N) is 8. The number of rotatable bonds is 14. The van der Waals surface area contributed by atoms with Crippen LogP contribution >= 0.6 is 11.6 Å². The lowest BCUT2D eigenvalue weighted by Crippen LogP contribution is -2.48. The van der Waals surface area contributed by atoms with Crippen LogP contribution in [0.2, 0.25) is 5.02 Å². The molecule has 1 aliphatic heterocycles. The minimum absolute atomic E-state index is 0.105. The molecule has 15 heteroatoms. The van der Waals surface area contributed by atoms with Crippen molar-refractivity contribution < 1.29 is 23.7 Å². The predicted molar refractivity (Wildman–Crippen MR) is 197 cm³/mol. The first-order valence-corrected chi connectivity index (χ1v) is 17.5. The number of hydrogen-bond acceptors (Lipinski definition) is 13. The van der Waals surface area contributed by atoms with E-state index in [2.05, 4.69) is 37.3 Å². The van der Waals surface area contributed by atoms with E-state index in [-0.39, 0.29) is 35.4 Å². The van der Waals surface area contributed by atoms with Gasteiger partial charge < -0.3 is 33.9 Å². The largest absolute Gasteiger partial charge is 0.497 e. The molecule has 1 saturated heterocycles. The molecule has 5 aromatic rings. The molecule has 1 atom stereocenters. The van der Waals surface area contributed by atoms with Crippen molar-refractivity contribution in [3.63, 3.8) is 0 Å². The number of fused-ring (bicyclic) bond motifs is 1. The lowest BCUT2D eigenvalue weighted by Gasteiger charge is -2.35. The lowest BCUT2D eigenvalue weighted by atomic mass is 10.1. The highest BCUT2D eigenvalue weighted by Crippen LogP contribution is 2.38. The van der Waals surface area contributed by atoms with Gasteiger partial charge in [0.2, 0.25) is 5.95 Å². The fourth-order valence-corrected chi connectivity index (χ4v) is 6.51. The zero-order valence-electron chi connectivity index (χ0n) is 29.6. The van der Waals surface area contributed by atoms with E-state index in [0.29, 0.717) is 61.3 Å². The van der Waals surface area contributed by atoms with Crippen LogP contribution < -0.4 is 29.2 Å². The van der Waals surface area contributed by atoms with Gasteiger partial charge in [0.15, 0.2) is 17.2 Å². The molecule has 0 spiro atoms. The van der Waals surface area contributed by atoms with Crippen LogP contribution in [-0.4, -0.2) is 84.3 Å². The molecule has 1 unspecified atom stereocenters. The van der Waals surface area contributed by atoms with Crippen molar-refractivity contribution in [1.29, 1.82) is 10.5 Å². The maximum atomic E-state index is 9.97. The summed E-state index contributed by atoms with van der Waals surface area (Å²) in [4.78, 5) is 13.9.